The Morgan fingerprint density at radius 1 is 0.385 bits per heavy atom. The second-order valence-corrected chi connectivity index (χ2v) is 14.6. The summed E-state index contributed by atoms with van der Waals surface area (Å²) in [5.41, 5.74) is 0. The minimum absolute atomic E-state index is 0.0799. The number of carbonyl (C=O) groups is 3. The minimum Gasteiger partial charge on any atom is -0.462 e. The molecule has 0 aromatic rings. The van der Waals surface area contributed by atoms with Crippen LogP contribution in [0.3, 0.4) is 0 Å². The van der Waals surface area contributed by atoms with E-state index in [1.807, 2.05) is 0 Å². The Balaban J connectivity index is 4.30. The van der Waals surface area contributed by atoms with Crippen LogP contribution in [0.4, 0.5) is 0 Å². The molecule has 0 aliphatic heterocycles. The van der Waals surface area contributed by atoms with Gasteiger partial charge >= 0.3 is 17.9 Å². The fourth-order valence-electron chi connectivity index (χ4n) is 5.99. The number of esters is 3. The van der Waals surface area contributed by atoms with Crippen molar-refractivity contribution < 1.29 is 28.6 Å². The second kappa shape index (κ2) is 41.4. The first-order valence-corrected chi connectivity index (χ1v) is 22.0. The van der Waals surface area contributed by atoms with Gasteiger partial charge in [0.1, 0.15) is 13.2 Å². The van der Waals surface area contributed by atoms with Crippen LogP contribution in [0.25, 0.3) is 0 Å². The van der Waals surface area contributed by atoms with Crippen molar-refractivity contribution in [1.82, 2.24) is 0 Å². The summed E-state index contributed by atoms with van der Waals surface area (Å²) in [4.78, 5) is 37.5. The third kappa shape index (κ3) is 38.9. The monoisotopic (exact) mass is 731 g/mol. The Morgan fingerprint density at radius 3 is 1.13 bits per heavy atom. The van der Waals surface area contributed by atoms with Crippen LogP contribution in [0.2, 0.25) is 0 Å². The van der Waals surface area contributed by atoms with E-state index in [9.17, 15) is 14.4 Å². The number of hydrogen-bond acceptors (Lipinski definition) is 6. The fourth-order valence-corrected chi connectivity index (χ4v) is 5.99. The molecule has 302 valence electrons. The predicted molar refractivity (Wildman–Crippen MR) is 219 cm³/mol. The molecule has 0 aromatic heterocycles. The van der Waals surface area contributed by atoms with Gasteiger partial charge in [0, 0.05) is 19.3 Å². The zero-order valence-electron chi connectivity index (χ0n) is 34.3. The maximum atomic E-state index is 12.6. The van der Waals surface area contributed by atoms with E-state index in [0.717, 1.165) is 89.9 Å². The standard InChI is InChI=1S/C46H82O6/c1-4-7-10-13-16-18-20-22-23-24-25-27-28-30-33-36-39-45(48)51-42-43(41-50-44(47)38-35-32-15-12-9-6-3)52-46(49)40-37-34-31-29-26-21-19-17-14-11-8-5-2/h17-20,23-24,43H,4-16,21-22,25-42H2,1-3H3/b19-17-,20-18-,24-23-. The normalized spacial score (nSPS) is 12.3. The van der Waals surface area contributed by atoms with Gasteiger partial charge in [-0.1, -0.05) is 160 Å². The van der Waals surface area contributed by atoms with Crippen LogP contribution in [-0.2, 0) is 28.6 Å². The molecule has 6 nitrogen and oxygen atoms in total. The van der Waals surface area contributed by atoms with E-state index in [-0.39, 0.29) is 31.1 Å². The van der Waals surface area contributed by atoms with Gasteiger partial charge in [0.05, 0.1) is 0 Å². The quantitative estimate of drug-likeness (QED) is 0.0271. The lowest BCUT2D eigenvalue weighted by Gasteiger charge is -2.18. The highest BCUT2D eigenvalue weighted by Crippen LogP contribution is 2.13. The van der Waals surface area contributed by atoms with Gasteiger partial charge in [-0.3, -0.25) is 14.4 Å². The van der Waals surface area contributed by atoms with Crippen LogP contribution < -0.4 is 0 Å². The van der Waals surface area contributed by atoms with Crippen LogP contribution in [-0.4, -0.2) is 37.2 Å². The highest BCUT2D eigenvalue weighted by Gasteiger charge is 2.19. The van der Waals surface area contributed by atoms with Crippen LogP contribution in [0.5, 0.6) is 0 Å². The Labute approximate surface area is 321 Å². The summed E-state index contributed by atoms with van der Waals surface area (Å²) in [5.74, 6) is -0.914. The van der Waals surface area contributed by atoms with Crippen LogP contribution in [0.15, 0.2) is 36.5 Å². The SMILES string of the molecule is CCCCC/C=C\CCCCCCCC(=O)OC(COC(=O)CCCCCCCC)COC(=O)CCCCCCC/C=C\C/C=C\CCCCCC. The van der Waals surface area contributed by atoms with Crippen molar-refractivity contribution in [3.05, 3.63) is 36.5 Å². The summed E-state index contributed by atoms with van der Waals surface area (Å²) in [6, 6.07) is 0. The third-order valence-electron chi connectivity index (χ3n) is 9.37. The topological polar surface area (TPSA) is 78.9 Å². The van der Waals surface area contributed by atoms with E-state index in [1.54, 1.807) is 0 Å². The molecule has 0 spiro atoms. The van der Waals surface area contributed by atoms with Crippen molar-refractivity contribution in [2.75, 3.05) is 13.2 Å². The van der Waals surface area contributed by atoms with Crippen molar-refractivity contribution in [1.29, 1.82) is 0 Å². The highest BCUT2D eigenvalue weighted by atomic mass is 16.6. The molecule has 0 saturated carbocycles. The second-order valence-electron chi connectivity index (χ2n) is 14.6. The number of allylic oxidation sites excluding steroid dienone is 6. The number of unbranched alkanes of at least 4 members (excludes halogenated alkanes) is 22. The number of ether oxygens (including phenoxy) is 3. The van der Waals surface area contributed by atoms with Crippen molar-refractivity contribution in [2.45, 2.75) is 226 Å². The van der Waals surface area contributed by atoms with Gasteiger partial charge in [0.2, 0.25) is 0 Å². The average Bonchev–Trinajstić information content (AvgIpc) is 3.14. The number of carbonyl (C=O) groups excluding carboxylic acids is 3. The third-order valence-corrected chi connectivity index (χ3v) is 9.37. The van der Waals surface area contributed by atoms with Crippen LogP contribution in [0, 0.1) is 0 Å². The zero-order chi connectivity index (χ0) is 38.0. The van der Waals surface area contributed by atoms with Gasteiger partial charge in [0.15, 0.2) is 6.10 Å². The van der Waals surface area contributed by atoms with Crippen molar-refractivity contribution in [3.63, 3.8) is 0 Å². The van der Waals surface area contributed by atoms with Gasteiger partial charge in [-0.15, -0.1) is 0 Å². The minimum atomic E-state index is -0.775. The van der Waals surface area contributed by atoms with Gasteiger partial charge < -0.3 is 14.2 Å². The molecule has 0 N–H and O–H groups in total. The van der Waals surface area contributed by atoms with Gasteiger partial charge in [-0.25, -0.2) is 0 Å². The van der Waals surface area contributed by atoms with Gasteiger partial charge in [-0.05, 0) is 77.0 Å². The first-order chi connectivity index (χ1) is 25.5. The average molecular weight is 731 g/mol. The maximum Gasteiger partial charge on any atom is 0.306 e. The molecule has 0 aliphatic carbocycles. The predicted octanol–water partition coefficient (Wildman–Crippen LogP) is 13.8. The molecular formula is C46H82O6. The molecule has 0 aliphatic rings. The zero-order valence-corrected chi connectivity index (χ0v) is 34.3. The summed E-state index contributed by atoms with van der Waals surface area (Å²) in [5, 5.41) is 0. The summed E-state index contributed by atoms with van der Waals surface area (Å²) < 4.78 is 16.6. The Morgan fingerprint density at radius 2 is 0.692 bits per heavy atom. The molecular weight excluding hydrogens is 648 g/mol. The smallest absolute Gasteiger partial charge is 0.306 e. The lowest BCUT2D eigenvalue weighted by atomic mass is 10.1. The summed E-state index contributed by atoms with van der Waals surface area (Å²) in [6.45, 7) is 6.50. The van der Waals surface area contributed by atoms with Gasteiger partial charge in [0.25, 0.3) is 0 Å². The molecule has 0 bridgehead atoms. The molecule has 1 atom stereocenters. The summed E-state index contributed by atoms with van der Waals surface area (Å²) in [7, 11) is 0. The number of hydrogen-bond donors (Lipinski definition) is 0. The molecule has 0 rings (SSSR count). The molecule has 0 saturated heterocycles. The Hall–Kier alpha value is -2.37. The largest absolute Gasteiger partial charge is 0.462 e. The summed E-state index contributed by atoms with van der Waals surface area (Å²) in [6.07, 6.45) is 45.7. The molecule has 0 heterocycles. The fraction of sp³-hybridized carbons (Fsp3) is 0.804. The molecule has 0 fully saturated rings. The molecule has 6 heteroatoms. The van der Waals surface area contributed by atoms with E-state index in [4.69, 9.17) is 14.2 Å². The van der Waals surface area contributed by atoms with E-state index in [0.29, 0.717) is 19.3 Å². The first kappa shape index (κ1) is 49.6. The number of rotatable bonds is 39. The van der Waals surface area contributed by atoms with Crippen molar-refractivity contribution in [3.8, 4) is 0 Å². The molecule has 52 heavy (non-hydrogen) atoms. The van der Waals surface area contributed by atoms with E-state index in [2.05, 4.69) is 57.2 Å². The molecule has 0 amide bonds. The van der Waals surface area contributed by atoms with Gasteiger partial charge in [-0.2, -0.15) is 0 Å². The maximum absolute atomic E-state index is 12.6. The van der Waals surface area contributed by atoms with Crippen LogP contribution >= 0.6 is 0 Å². The van der Waals surface area contributed by atoms with E-state index in [1.165, 1.54) is 89.9 Å². The lowest BCUT2D eigenvalue weighted by Crippen LogP contribution is -2.30. The van der Waals surface area contributed by atoms with Crippen molar-refractivity contribution in [2.24, 2.45) is 0 Å². The molecule has 1 unspecified atom stereocenters. The molecule has 0 radical (unpaired) electrons. The highest BCUT2D eigenvalue weighted by molar-refractivity contribution is 5.71. The van der Waals surface area contributed by atoms with E-state index < -0.39 is 6.10 Å². The van der Waals surface area contributed by atoms with E-state index >= 15 is 0 Å². The summed E-state index contributed by atoms with van der Waals surface area (Å²) >= 11 is 0. The molecule has 0 aromatic carbocycles. The Bertz CT molecular complexity index is 891. The van der Waals surface area contributed by atoms with Crippen molar-refractivity contribution >= 4 is 17.9 Å². The van der Waals surface area contributed by atoms with Crippen LogP contribution in [0.1, 0.15) is 220 Å². The first-order valence-electron chi connectivity index (χ1n) is 22.0. The lowest BCUT2D eigenvalue weighted by molar-refractivity contribution is -0.167. The Kier molecular flexibility index (Phi) is 39.5.